The lowest BCUT2D eigenvalue weighted by molar-refractivity contribution is -0.137. The number of nitrogens with one attached hydrogen (secondary N) is 1. The van der Waals surface area contributed by atoms with Crippen molar-refractivity contribution in [2.75, 3.05) is 5.32 Å². The number of aliphatic carboxylic acids is 1. The second-order valence-corrected chi connectivity index (χ2v) is 3.24. The number of benzene rings is 1. The molecule has 1 aromatic rings. The monoisotopic (exact) mass is 217 g/mol. The summed E-state index contributed by atoms with van der Waals surface area (Å²) in [5, 5.41) is 11.5. The summed E-state index contributed by atoms with van der Waals surface area (Å²) in [6.45, 7) is 1.45. The number of carboxylic acid groups (broad SMARTS) is 1. The van der Waals surface area contributed by atoms with Crippen LogP contribution in [0.2, 0.25) is 5.02 Å². The number of hydrogen-bond acceptors (Lipinski definition) is 2. The molecule has 0 saturated heterocycles. The van der Waals surface area contributed by atoms with Gasteiger partial charge in [0.1, 0.15) is 11.9 Å². The average molecular weight is 218 g/mol. The van der Waals surface area contributed by atoms with Crippen molar-refractivity contribution in [2.24, 2.45) is 0 Å². The fraction of sp³-hybridized carbons (Fsp3) is 0.222. The Morgan fingerprint density at radius 2 is 2.29 bits per heavy atom. The van der Waals surface area contributed by atoms with Crippen LogP contribution >= 0.6 is 11.6 Å². The summed E-state index contributed by atoms with van der Waals surface area (Å²) in [7, 11) is 0. The van der Waals surface area contributed by atoms with Crippen molar-refractivity contribution in [2.45, 2.75) is 13.0 Å². The van der Waals surface area contributed by atoms with E-state index < -0.39 is 17.8 Å². The highest BCUT2D eigenvalue weighted by molar-refractivity contribution is 6.33. The van der Waals surface area contributed by atoms with Crippen LogP contribution in [0.25, 0.3) is 0 Å². The molecule has 14 heavy (non-hydrogen) atoms. The fourth-order valence-corrected chi connectivity index (χ4v) is 1.08. The summed E-state index contributed by atoms with van der Waals surface area (Å²) < 4.78 is 12.8. The Balaban J connectivity index is 2.85. The van der Waals surface area contributed by atoms with Gasteiger partial charge in [0.05, 0.1) is 10.7 Å². The minimum atomic E-state index is -1.02. The zero-order valence-corrected chi connectivity index (χ0v) is 8.18. The molecule has 3 nitrogen and oxygen atoms in total. The number of carboxylic acids is 1. The fourth-order valence-electron chi connectivity index (χ4n) is 0.903. The summed E-state index contributed by atoms with van der Waals surface area (Å²) in [5.74, 6) is -1.49. The van der Waals surface area contributed by atoms with Crippen LogP contribution in [0.5, 0.6) is 0 Å². The van der Waals surface area contributed by atoms with Crippen molar-refractivity contribution in [3.63, 3.8) is 0 Å². The van der Waals surface area contributed by atoms with Crippen LogP contribution in [-0.2, 0) is 4.79 Å². The maximum atomic E-state index is 12.8. The molecule has 1 atom stereocenters. The minimum absolute atomic E-state index is 0.279. The summed E-state index contributed by atoms with van der Waals surface area (Å²) in [6, 6.07) is 2.92. The number of carbonyl (C=O) groups is 1. The van der Waals surface area contributed by atoms with Crippen LogP contribution < -0.4 is 5.32 Å². The molecule has 0 amide bonds. The summed E-state index contributed by atoms with van der Waals surface area (Å²) in [6.07, 6.45) is 0. The molecule has 0 aliphatic heterocycles. The molecule has 2 N–H and O–H groups in total. The third-order valence-electron chi connectivity index (χ3n) is 1.67. The predicted molar refractivity (Wildman–Crippen MR) is 52.1 cm³/mol. The van der Waals surface area contributed by atoms with E-state index >= 15 is 0 Å². The first-order chi connectivity index (χ1) is 6.50. The minimum Gasteiger partial charge on any atom is -0.480 e. The highest BCUT2D eigenvalue weighted by Gasteiger charge is 2.12. The third-order valence-corrected chi connectivity index (χ3v) is 2.00. The second kappa shape index (κ2) is 4.28. The zero-order valence-electron chi connectivity index (χ0n) is 7.42. The highest BCUT2D eigenvalue weighted by Crippen LogP contribution is 2.22. The molecular formula is C9H9ClFNO2. The summed E-state index contributed by atoms with van der Waals surface area (Å²) in [5.41, 5.74) is 0.279. The lowest BCUT2D eigenvalue weighted by atomic mass is 10.2. The van der Waals surface area contributed by atoms with Gasteiger partial charge in [0.15, 0.2) is 0 Å². The number of rotatable bonds is 3. The van der Waals surface area contributed by atoms with Gasteiger partial charge in [-0.2, -0.15) is 0 Å². The first-order valence-corrected chi connectivity index (χ1v) is 4.33. The lowest BCUT2D eigenvalue weighted by Gasteiger charge is -2.11. The number of anilines is 1. The van der Waals surface area contributed by atoms with E-state index in [0.717, 1.165) is 6.07 Å². The number of halogens is 2. The molecule has 0 fully saturated rings. The van der Waals surface area contributed by atoms with E-state index in [-0.39, 0.29) is 5.69 Å². The Labute approximate surface area is 85.5 Å². The number of hydrogen-bond donors (Lipinski definition) is 2. The molecule has 1 unspecified atom stereocenters. The molecule has 1 aromatic carbocycles. The van der Waals surface area contributed by atoms with E-state index in [2.05, 4.69) is 5.32 Å². The zero-order chi connectivity index (χ0) is 10.7. The Morgan fingerprint density at radius 3 is 2.86 bits per heavy atom. The molecule has 0 saturated carbocycles. The van der Waals surface area contributed by atoms with Crippen LogP contribution in [0.1, 0.15) is 6.92 Å². The van der Waals surface area contributed by atoms with Gasteiger partial charge in [-0.25, -0.2) is 4.39 Å². The molecule has 0 bridgehead atoms. The van der Waals surface area contributed by atoms with E-state index in [1.807, 2.05) is 0 Å². The molecule has 0 aliphatic carbocycles. The predicted octanol–water partition coefficient (Wildman–Crippen LogP) is 2.36. The van der Waals surface area contributed by atoms with Gasteiger partial charge in [0.2, 0.25) is 0 Å². The Bertz CT molecular complexity index is 357. The molecule has 76 valence electrons. The van der Waals surface area contributed by atoms with Gasteiger partial charge >= 0.3 is 5.97 Å². The van der Waals surface area contributed by atoms with Crippen molar-refractivity contribution < 1.29 is 14.3 Å². The van der Waals surface area contributed by atoms with Crippen molar-refractivity contribution in [1.29, 1.82) is 0 Å². The largest absolute Gasteiger partial charge is 0.480 e. The Kier molecular flexibility index (Phi) is 3.30. The van der Waals surface area contributed by atoms with E-state index in [1.54, 1.807) is 0 Å². The molecule has 0 radical (unpaired) electrons. The SMILES string of the molecule is CC(Nc1cc(F)ccc1Cl)C(=O)O. The first kappa shape index (κ1) is 10.8. The lowest BCUT2D eigenvalue weighted by Crippen LogP contribution is -2.25. The quantitative estimate of drug-likeness (QED) is 0.817. The van der Waals surface area contributed by atoms with Crippen molar-refractivity contribution in [1.82, 2.24) is 0 Å². The van der Waals surface area contributed by atoms with E-state index in [9.17, 15) is 9.18 Å². The van der Waals surface area contributed by atoms with E-state index in [0.29, 0.717) is 5.02 Å². The maximum Gasteiger partial charge on any atom is 0.325 e. The van der Waals surface area contributed by atoms with Gasteiger partial charge in [-0.15, -0.1) is 0 Å². The molecule has 1 rings (SSSR count). The van der Waals surface area contributed by atoms with Crippen molar-refractivity contribution in [3.05, 3.63) is 29.0 Å². The van der Waals surface area contributed by atoms with Crippen LogP contribution in [0.15, 0.2) is 18.2 Å². The normalized spacial score (nSPS) is 12.2. The molecule has 0 spiro atoms. The molecular weight excluding hydrogens is 209 g/mol. The smallest absolute Gasteiger partial charge is 0.325 e. The Morgan fingerprint density at radius 1 is 1.64 bits per heavy atom. The Hall–Kier alpha value is -1.29. The van der Waals surface area contributed by atoms with Crippen molar-refractivity contribution in [3.8, 4) is 0 Å². The first-order valence-electron chi connectivity index (χ1n) is 3.95. The van der Waals surface area contributed by atoms with Gasteiger partial charge in [0, 0.05) is 0 Å². The molecule has 0 aliphatic rings. The molecule has 0 heterocycles. The summed E-state index contributed by atoms with van der Waals surface area (Å²) in [4.78, 5) is 10.5. The van der Waals surface area contributed by atoms with Crippen LogP contribution in [0, 0.1) is 5.82 Å². The topological polar surface area (TPSA) is 49.3 Å². The second-order valence-electron chi connectivity index (χ2n) is 2.83. The van der Waals surface area contributed by atoms with Gasteiger partial charge in [-0.05, 0) is 25.1 Å². The average Bonchev–Trinajstić information content (AvgIpc) is 2.11. The van der Waals surface area contributed by atoms with Gasteiger partial charge < -0.3 is 10.4 Å². The van der Waals surface area contributed by atoms with Crippen LogP contribution in [0.4, 0.5) is 10.1 Å². The van der Waals surface area contributed by atoms with Gasteiger partial charge in [0.25, 0.3) is 0 Å². The van der Waals surface area contributed by atoms with Gasteiger partial charge in [-0.3, -0.25) is 4.79 Å². The van der Waals surface area contributed by atoms with Crippen molar-refractivity contribution >= 4 is 23.3 Å². The molecule has 0 aromatic heterocycles. The van der Waals surface area contributed by atoms with E-state index in [1.165, 1.54) is 19.1 Å². The highest BCUT2D eigenvalue weighted by atomic mass is 35.5. The standard InChI is InChI=1S/C9H9ClFNO2/c1-5(9(13)14)12-8-4-6(11)2-3-7(8)10/h2-5,12H,1H3,(H,13,14). The summed E-state index contributed by atoms with van der Waals surface area (Å²) >= 11 is 5.72. The van der Waals surface area contributed by atoms with Crippen LogP contribution in [0.3, 0.4) is 0 Å². The molecule has 5 heteroatoms. The van der Waals surface area contributed by atoms with E-state index in [4.69, 9.17) is 16.7 Å². The van der Waals surface area contributed by atoms with Crippen LogP contribution in [-0.4, -0.2) is 17.1 Å². The third kappa shape index (κ3) is 2.60. The maximum absolute atomic E-state index is 12.8. The van der Waals surface area contributed by atoms with Gasteiger partial charge in [-0.1, -0.05) is 11.6 Å².